The lowest BCUT2D eigenvalue weighted by Crippen LogP contribution is -2.40. The molecule has 0 aliphatic carbocycles. The summed E-state index contributed by atoms with van der Waals surface area (Å²) < 4.78 is 31.1. The molecule has 172 valence electrons. The van der Waals surface area contributed by atoms with Crippen molar-refractivity contribution in [1.82, 2.24) is 4.90 Å². The van der Waals surface area contributed by atoms with E-state index in [1.807, 2.05) is 32.9 Å². The van der Waals surface area contributed by atoms with Crippen LogP contribution in [0.5, 0.6) is 0 Å². The highest BCUT2D eigenvalue weighted by molar-refractivity contribution is 7.92. The third-order valence-corrected chi connectivity index (χ3v) is 6.47. The Kier molecular flexibility index (Phi) is 7.20. The van der Waals surface area contributed by atoms with Crippen molar-refractivity contribution in [3.63, 3.8) is 0 Å². The molecular weight excluding hydrogens is 430 g/mol. The number of carbonyl (C=O) groups is 2. The number of ether oxygens (including phenoxy) is 1. The standard InChI is InChI=1S/C23H29N3O5S/c1-16-13-17(2)22(18(3)14-16)24-21(27)15-26(32(4,29)30)20-7-5-19(6-8-20)23(28)25-9-11-31-12-10-25/h5-8,13-14H,9-12,15H2,1-4H3,(H,24,27). The van der Waals surface area contributed by atoms with Crippen molar-refractivity contribution in [3.8, 4) is 0 Å². The number of rotatable bonds is 6. The molecule has 2 aromatic carbocycles. The third-order valence-electron chi connectivity index (χ3n) is 5.33. The highest BCUT2D eigenvalue weighted by atomic mass is 32.2. The predicted molar refractivity (Wildman–Crippen MR) is 125 cm³/mol. The normalized spacial score (nSPS) is 14.2. The number of amides is 2. The maximum absolute atomic E-state index is 12.7. The van der Waals surface area contributed by atoms with E-state index >= 15 is 0 Å². The Morgan fingerprint density at radius 1 is 1.03 bits per heavy atom. The summed E-state index contributed by atoms with van der Waals surface area (Å²) in [5, 5.41) is 2.83. The van der Waals surface area contributed by atoms with Crippen molar-refractivity contribution >= 4 is 33.2 Å². The van der Waals surface area contributed by atoms with E-state index in [9.17, 15) is 18.0 Å². The number of benzene rings is 2. The predicted octanol–water partition coefficient (Wildman–Crippen LogP) is 2.49. The van der Waals surface area contributed by atoms with Crippen LogP contribution in [0.4, 0.5) is 11.4 Å². The molecule has 0 radical (unpaired) electrons. The monoisotopic (exact) mass is 459 g/mol. The van der Waals surface area contributed by atoms with Gasteiger partial charge in [-0.25, -0.2) is 8.42 Å². The van der Waals surface area contributed by atoms with Crippen molar-refractivity contribution in [2.75, 3.05) is 48.7 Å². The number of hydrogen-bond donors (Lipinski definition) is 1. The number of morpholine rings is 1. The zero-order valence-electron chi connectivity index (χ0n) is 18.8. The van der Waals surface area contributed by atoms with Gasteiger partial charge in [0.2, 0.25) is 15.9 Å². The minimum absolute atomic E-state index is 0.131. The minimum Gasteiger partial charge on any atom is -0.378 e. The molecule has 1 heterocycles. The summed E-state index contributed by atoms with van der Waals surface area (Å²) in [4.78, 5) is 27.0. The smallest absolute Gasteiger partial charge is 0.254 e. The fourth-order valence-corrected chi connectivity index (χ4v) is 4.66. The summed E-state index contributed by atoms with van der Waals surface area (Å²) in [6.07, 6.45) is 1.05. The molecule has 0 aromatic heterocycles. The van der Waals surface area contributed by atoms with Crippen LogP contribution in [0.3, 0.4) is 0 Å². The molecule has 32 heavy (non-hydrogen) atoms. The molecule has 0 unspecified atom stereocenters. The molecule has 2 amide bonds. The van der Waals surface area contributed by atoms with Gasteiger partial charge in [0.1, 0.15) is 6.54 Å². The van der Waals surface area contributed by atoms with E-state index in [1.165, 1.54) is 0 Å². The van der Waals surface area contributed by atoms with E-state index in [0.29, 0.717) is 43.2 Å². The van der Waals surface area contributed by atoms with E-state index in [2.05, 4.69) is 5.32 Å². The molecular formula is C23H29N3O5S. The van der Waals surface area contributed by atoms with Gasteiger partial charge in [0.25, 0.3) is 5.91 Å². The van der Waals surface area contributed by atoms with E-state index in [1.54, 1.807) is 29.2 Å². The molecule has 0 atom stereocenters. The average molecular weight is 460 g/mol. The highest BCUT2D eigenvalue weighted by Crippen LogP contribution is 2.23. The second kappa shape index (κ2) is 9.70. The molecule has 9 heteroatoms. The van der Waals surface area contributed by atoms with Crippen LogP contribution in [-0.4, -0.2) is 64.2 Å². The number of nitrogens with one attached hydrogen (secondary N) is 1. The van der Waals surface area contributed by atoms with Crippen LogP contribution >= 0.6 is 0 Å². The molecule has 0 bridgehead atoms. The first-order valence-electron chi connectivity index (χ1n) is 10.4. The minimum atomic E-state index is -3.73. The number of hydrogen-bond acceptors (Lipinski definition) is 5. The summed E-state index contributed by atoms with van der Waals surface area (Å²) in [6, 6.07) is 10.2. The van der Waals surface area contributed by atoms with Gasteiger partial charge in [-0.3, -0.25) is 13.9 Å². The van der Waals surface area contributed by atoms with Crippen LogP contribution in [0, 0.1) is 20.8 Å². The summed E-state index contributed by atoms with van der Waals surface area (Å²) in [5.41, 5.74) is 4.36. The van der Waals surface area contributed by atoms with E-state index < -0.39 is 15.9 Å². The van der Waals surface area contributed by atoms with E-state index in [4.69, 9.17) is 4.74 Å². The lowest BCUT2D eigenvalue weighted by Gasteiger charge is -2.27. The largest absolute Gasteiger partial charge is 0.378 e. The topological polar surface area (TPSA) is 96.0 Å². The van der Waals surface area contributed by atoms with Crippen molar-refractivity contribution in [3.05, 3.63) is 58.7 Å². The fraction of sp³-hybridized carbons (Fsp3) is 0.391. The Morgan fingerprint density at radius 3 is 2.12 bits per heavy atom. The Morgan fingerprint density at radius 2 is 1.59 bits per heavy atom. The summed E-state index contributed by atoms with van der Waals surface area (Å²) in [6.45, 7) is 7.44. The lowest BCUT2D eigenvalue weighted by atomic mass is 10.1. The molecule has 8 nitrogen and oxygen atoms in total. The summed E-state index contributed by atoms with van der Waals surface area (Å²) >= 11 is 0. The molecule has 1 aliphatic heterocycles. The van der Waals surface area contributed by atoms with Crippen molar-refractivity contribution in [1.29, 1.82) is 0 Å². The molecule has 1 fully saturated rings. The van der Waals surface area contributed by atoms with Gasteiger partial charge in [0.15, 0.2) is 0 Å². The van der Waals surface area contributed by atoms with Gasteiger partial charge in [-0.15, -0.1) is 0 Å². The van der Waals surface area contributed by atoms with Crippen molar-refractivity contribution in [2.24, 2.45) is 0 Å². The molecule has 1 saturated heterocycles. The second-order valence-corrected chi connectivity index (χ2v) is 9.95. The van der Waals surface area contributed by atoms with Crippen molar-refractivity contribution in [2.45, 2.75) is 20.8 Å². The van der Waals surface area contributed by atoms with Gasteiger partial charge < -0.3 is 15.0 Å². The van der Waals surface area contributed by atoms with Crippen molar-refractivity contribution < 1.29 is 22.7 Å². The van der Waals surface area contributed by atoms with Gasteiger partial charge in [-0.2, -0.15) is 0 Å². The van der Waals surface area contributed by atoms with Crippen LogP contribution in [-0.2, 0) is 19.6 Å². The number of carbonyl (C=O) groups excluding carboxylic acids is 2. The van der Waals surface area contributed by atoms with Crippen LogP contribution in [0.15, 0.2) is 36.4 Å². The molecule has 0 saturated carbocycles. The van der Waals surface area contributed by atoms with Gasteiger partial charge in [-0.1, -0.05) is 17.7 Å². The maximum atomic E-state index is 12.7. The number of aryl methyl sites for hydroxylation is 3. The van der Waals surface area contributed by atoms with Crippen LogP contribution < -0.4 is 9.62 Å². The number of nitrogens with zero attached hydrogens (tertiary/aromatic N) is 2. The second-order valence-electron chi connectivity index (χ2n) is 8.04. The van der Waals surface area contributed by atoms with Crippen LogP contribution in [0.2, 0.25) is 0 Å². The molecule has 0 spiro atoms. The maximum Gasteiger partial charge on any atom is 0.254 e. The fourth-order valence-electron chi connectivity index (χ4n) is 3.81. The average Bonchev–Trinajstić information content (AvgIpc) is 2.74. The molecule has 3 rings (SSSR count). The van der Waals surface area contributed by atoms with Gasteiger partial charge in [0, 0.05) is 24.3 Å². The van der Waals surface area contributed by atoms with Crippen LogP contribution in [0.1, 0.15) is 27.0 Å². The van der Waals surface area contributed by atoms with E-state index in [0.717, 1.165) is 27.3 Å². The Balaban J connectivity index is 1.77. The molecule has 1 aliphatic rings. The zero-order chi connectivity index (χ0) is 23.5. The van der Waals surface area contributed by atoms with Crippen LogP contribution in [0.25, 0.3) is 0 Å². The first-order chi connectivity index (χ1) is 15.1. The quantitative estimate of drug-likeness (QED) is 0.716. The molecule has 1 N–H and O–H groups in total. The first kappa shape index (κ1) is 23.7. The Labute approximate surface area is 189 Å². The SMILES string of the molecule is Cc1cc(C)c(NC(=O)CN(c2ccc(C(=O)N3CCOCC3)cc2)S(C)(=O)=O)c(C)c1. The zero-order valence-corrected chi connectivity index (χ0v) is 19.7. The lowest BCUT2D eigenvalue weighted by molar-refractivity contribution is -0.114. The summed E-state index contributed by atoms with van der Waals surface area (Å²) in [7, 11) is -3.73. The Bertz CT molecular complexity index is 1080. The third kappa shape index (κ3) is 5.66. The molecule has 2 aromatic rings. The number of sulfonamides is 1. The van der Waals surface area contributed by atoms with Gasteiger partial charge in [-0.05, 0) is 56.2 Å². The highest BCUT2D eigenvalue weighted by Gasteiger charge is 2.23. The van der Waals surface area contributed by atoms with E-state index in [-0.39, 0.29) is 12.5 Å². The first-order valence-corrected chi connectivity index (χ1v) is 12.2. The van der Waals surface area contributed by atoms with Gasteiger partial charge in [0.05, 0.1) is 25.2 Å². The number of anilines is 2. The Hall–Kier alpha value is -2.91. The summed E-state index contributed by atoms with van der Waals surface area (Å²) in [5.74, 6) is -0.576. The van der Waals surface area contributed by atoms with Gasteiger partial charge >= 0.3 is 0 Å².